The Hall–Kier alpha value is -0.0600. The van der Waals surface area contributed by atoms with Crippen LogP contribution in [-0.2, 0) is 10.0 Å². The van der Waals surface area contributed by atoms with Gasteiger partial charge in [-0.05, 0) is 12.5 Å². The molecule has 0 aromatic rings. The average Bonchev–Trinajstić information content (AvgIpc) is 1.62. The maximum absolute atomic E-state index is 10.3. The van der Waals surface area contributed by atoms with Crippen LogP contribution in [0.1, 0.15) is 6.92 Å². The van der Waals surface area contributed by atoms with Crippen LogP contribution in [-0.4, -0.2) is 14.2 Å². The molecule has 0 aromatic carbocycles. The average molecular weight is 170 g/mol. The van der Waals surface area contributed by atoms with E-state index in [0.717, 1.165) is 0 Å². The monoisotopic (exact) mass is 169 g/mol. The molecule has 54 valence electrons. The fourth-order valence-electron chi connectivity index (χ4n) is 0.349. The van der Waals surface area contributed by atoms with Crippen LogP contribution in [0.15, 0.2) is 11.1 Å². The molecule has 5 heteroatoms. The van der Waals surface area contributed by atoms with Gasteiger partial charge in [-0.15, -0.1) is 0 Å². The van der Waals surface area contributed by atoms with Crippen LogP contribution in [0.2, 0.25) is 0 Å². The molecule has 0 aliphatic carbocycles. The van der Waals surface area contributed by atoms with Gasteiger partial charge in [-0.25, -0.2) is 13.6 Å². The molecule has 0 atom stereocenters. The van der Waals surface area contributed by atoms with Crippen molar-refractivity contribution in [2.75, 3.05) is 5.75 Å². The van der Waals surface area contributed by atoms with Crippen molar-refractivity contribution in [2.24, 2.45) is 5.14 Å². The Morgan fingerprint density at radius 2 is 2.22 bits per heavy atom. The summed E-state index contributed by atoms with van der Waals surface area (Å²) in [7, 11) is -3.39. The third-order valence-electron chi connectivity index (χ3n) is 0.615. The van der Waals surface area contributed by atoms with Crippen LogP contribution < -0.4 is 5.14 Å². The van der Waals surface area contributed by atoms with Crippen LogP contribution >= 0.6 is 11.6 Å². The van der Waals surface area contributed by atoms with E-state index >= 15 is 0 Å². The summed E-state index contributed by atoms with van der Waals surface area (Å²) < 4.78 is 20.6. The van der Waals surface area contributed by atoms with Crippen molar-refractivity contribution < 1.29 is 8.42 Å². The quantitative estimate of drug-likeness (QED) is 0.651. The van der Waals surface area contributed by atoms with E-state index in [2.05, 4.69) is 5.14 Å². The molecule has 0 unspecified atom stereocenters. The first-order chi connectivity index (χ1) is 3.95. The molecular weight excluding hydrogens is 162 g/mol. The summed E-state index contributed by atoms with van der Waals surface area (Å²) in [6.45, 7) is 1.59. The molecular formula is C4H8ClNO2S. The summed E-state index contributed by atoms with van der Waals surface area (Å²) in [6.07, 6.45) is 0. The van der Waals surface area contributed by atoms with Gasteiger partial charge >= 0.3 is 0 Å². The number of hydrogen-bond donors (Lipinski definition) is 1. The molecule has 0 aromatic heterocycles. The molecule has 0 bridgehead atoms. The van der Waals surface area contributed by atoms with Gasteiger partial charge in [0.05, 0.1) is 5.75 Å². The van der Waals surface area contributed by atoms with E-state index in [-0.39, 0.29) is 5.75 Å². The predicted octanol–water partition coefficient (Wildman–Crippen LogP) is 0.418. The van der Waals surface area contributed by atoms with E-state index in [4.69, 9.17) is 11.6 Å². The van der Waals surface area contributed by atoms with Gasteiger partial charge in [0.2, 0.25) is 10.0 Å². The standard InChI is InChI=1S/C4H8ClNO2S/c1-4(2-5)3-9(6,7)8/h2H,3H2,1H3,(H2,6,7,8)/b4-2+. The van der Waals surface area contributed by atoms with Gasteiger partial charge < -0.3 is 0 Å². The molecule has 0 spiro atoms. The van der Waals surface area contributed by atoms with Crippen molar-refractivity contribution in [3.63, 3.8) is 0 Å². The van der Waals surface area contributed by atoms with Crippen LogP contribution in [0.25, 0.3) is 0 Å². The van der Waals surface area contributed by atoms with Crippen LogP contribution in [0.3, 0.4) is 0 Å². The highest BCUT2D eigenvalue weighted by Gasteiger charge is 2.01. The van der Waals surface area contributed by atoms with E-state index in [9.17, 15) is 8.42 Å². The molecule has 0 saturated carbocycles. The SMILES string of the molecule is C/C(=C\Cl)CS(N)(=O)=O. The minimum atomic E-state index is -3.39. The second kappa shape index (κ2) is 3.20. The van der Waals surface area contributed by atoms with Crippen molar-refractivity contribution in [3.8, 4) is 0 Å². The molecule has 0 saturated heterocycles. The second-order valence-corrected chi connectivity index (χ2v) is 3.60. The highest BCUT2D eigenvalue weighted by Crippen LogP contribution is 1.96. The lowest BCUT2D eigenvalue weighted by atomic mass is 10.4. The third-order valence-corrected chi connectivity index (χ3v) is 1.85. The van der Waals surface area contributed by atoms with Crippen molar-refractivity contribution in [1.29, 1.82) is 0 Å². The number of sulfonamides is 1. The van der Waals surface area contributed by atoms with Crippen LogP contribution in [0.4, 0.5) is 0 Å². The first kappa shape index (κ1) is 8.94. The Bertz CT molecular complexity index is 207. The fourth-order valence-corrected chi connectivity index (χ4v) is 1.24. The minimum Gasteiger partial charge on any atom is -0.228 e. The van der Waals surface area contributed by atoms with Gasteiger partial charge in [0, 0.05) is 5.54 Å². The highest BCUT2D eigenvalue weighted by molar-refractivity contribution is 7.89. The van der Waals surface area contributed by atoms with Gasteiger partial charge in [0.1, 0.15) is 0 Å². The van der Waals surface area contributed by atoms with Crippen molar-refractivity contribution in [3.05, 3.63) is 11.1 Å². The van der Waals surface area contributed by atoms with Crippen molar-refractivity contribution in [2.45, 2.75) is 6.92 Å². The van der Waals surface area contributed by atoms with Gasteiger partial charge in [0.25, 0.3) is 0 Å². The predicted molar refractivity (Wildman–Crippen MR) is 37.6 cm³/mol. The van der Waals surface area contributed by atoms with E-state index < -0.39 is 10.0 Å². The zero-order valence-corrected chi connectivity index (χ0v) is 6.54. The normalized spacial score (nSPS) is 13.9. The Labute approximate surface area is 59.5 Å². The summed E-state index contributed by atoms with van der Waals surface area (Å²) in [5.41, 5.74) is 1.74. The number of rotatable bonds is 2. The Balaban J connectivity index is 4.07. The Morgan fingerprint density at radius 3 is 2.33 bits per heavy atom. The summed E-state index contributed by atoms with van der Waals surface area (Å²) in [4.78, 5) is 0. The van der Waals surface area contributed by atoms with Crippen LogP contribution in [0, 0.1) is 0 Å². The molecule has 0 aliphatic rings. The van der Waals surface area contributed by atoms with Crippen molar-refractivity contribution in [1.82, 2.24) is 0 Å². The van der Waals surface area contributed by atoms with Gasteiger partial charge in [-0.2, -0.15) is 0 Å². The molecule has 9 heavy (non-hydrogen) atoms. The van der Waals surface area contributed by atoms with E-state index in [1.54, 1.807) is 6.92 Å². The van der Waals surface area contributed by atoms with Gasteiger partial charge in [0.15, 0.2) is 0 Å². The molecule has 0 heterocycles. The zero-order valence-electron chi connectivity index (χ0n) is 4.96. The molecule has 0 rings (SSSR count). The largest absolute Gasteiger partial charge is 0.228 e. The van der Waals surface area contributed by atoms with E-state index in [0.29, 0.717) is 5.57 Å². The van der Waals surface area contributed by atoms with Crippen LogP contribution in [0.5, 0.6) is 0 Å². The van der Waals surface area contributed by atoms with Gasteiger partial charge in [-0.1, -0.05) is 11.6 Å². The van der Waals surface area contributed by atoms with E-state index in [1.165, 1.54) is 5.54 Å². The maximum Gasteiger partial charge on any atom is 0.212 e. The first-order valence-corrected chi connectivity index (χ1v) is 4.37. The molecule has 3 nitrogen and oxygen atoms in total. The zero-order chi connectivity index (χ0) is 7.49. The number of nitrogens with two attached hydrogens (primary N) is 1. The van der Waals surface area contributed by atoms with E-state index in [1.807, 2.05) is 0 Å². The first-order valence-electron chi connectivity index (χ1n) is 2.22. The molecule has 0 aliphatic heterocycles. The Morgan fingerprint density at radius 1 is 1.78 bits per heavy atom. The van der Waals surface area contributed by atoms with Gasteiger partial charge in [-0.3, -0.25) is 0 Å². The molecule has 2 N–H and O–H groups in total. The lowest BCUT2D eigenvalue weighted by Gasteiger charge is -1.93. The van der Waals surface area contributed by atoms with Crippen molar-refractivity contribution >= 4 is 21.6 Å². The second-order valence-electron chi connectivity index (χ2n) is 1.76. The summed E-state index contributed by atoms with van der Waals surface area (Å²) >= 11 is 5.18. The number of primary sulfonamides is 1. The fraction of sp³-hybridized carbons (Fsp3) is 0.500. The Kier molecular flexibility index (Phi) is 3.17. The summed E-state index contributed by atoms with van der Waals surface area (Å²) in [6, 6.07) is 0. The number of hydrogen-bond acceptors (Lipinski definition) is 2. The highest BCUT2D eigenvalue weighted by atomic mass is 35.5. The number of halogens is 1. The lowest BCUT2D eigenvalue weighted by Crippen LogP contribution is -2.16. The molecule has 0 amide bonds. The smallest absolute Gasteiger partial charge is 0.212 e. The third kappa shape index (κ3) is 5.82. The topological polar surface area (TPSA) is 60.2 Å². The summed E-state index contributed by atoms with van der Waals surface area (Å²) in [5, 5.41) is 4.68. The lowest BCUT2D eigenvalue weighted by molar-refractivity contribution is 0.600. The minimum absolute atomic E-state index is 0.170. The molecule has 0 radical (unpaired) electrons. The maximum atomic E-state index is 10.3. The summed E-state index contributed by atoms with van der Waals surface area (Å²) in [5.74, 6) is -0.170. The molecule has 0 fully saturated rings.